The minimum atomic E-state index is -0.0786. The smallest absolute Gasteiger partial charge is 0.253 e. The highest BCUT2D eigenvalue weighted by Crippen LogP contribution is 2.33. The number of carbonyl (C=O) groups is 2. The molecular weight excluding hydrogens is 404 g/mol. The van der Waals surface area contributed by atoms with Gasteiger partial charge in [-0.1, -0.05) is 42.5 Å². The van der Waals surface area contributed by atoms with E-state index in [4.69, 9.17) is 9.47 Å². The van der Waals surface area contributed by atoms with Crippen molar-refractivity contribution in [2.45, 2.75) is 18.9 Å². The summed E-state index contributed by atoms with van der Waals surface area (Å²) in [5.74, 6) is 1.17. The first-order valence-corrected chi connectivity index (χ1v) is 10.8. The van der Waals surface area contributed by atoms with Crippen molar-refractivity contribution in [3.05, 3.63) is 83.9 Å². The maximum Gasteiger partial charge on any atom is 0.253 e. The average Bonchev–Trinajstić information content (AvgIpc) is 3.33. The molecule has 0 spiro atoms. The summed E-state index contributed by atoms with van der Waals surface area (Å²) < 4.78 is 10.7. The van der Waals surface area contributed by atoms with Crippen molar-refractivity contribution in [2.75, 3.05) is 19.9 Å². The van der Waals surface area contributed by atoms with Crippen molar-refractivity contribution < 1.29 is 19.1 Å². The number of fused-ring (bicyclic) bond motifs is 1. The van der Waals surface area contributed by atoms with E-state index >= 15 is 0 Å². The number of piperidine rings is 1. The van der Waals surface area contributed by atoms with Crippen molar-refractivity contribution in [3.8, 4) is 22.6 Å². The molecule has 3 aromatic carbocycles. The summed E-state index contributed by atoms with van der Waals surface area (Å²) in [5, 5.41) is 3.11. The normalized spacial score (nSPS) is 15.4. The summed E-state index contributed by atoms with van der Waals surface area (Å²) in [5.41, 5.74) is 3.44. The van der Waals surface area contributed by atoms with Gasteiger partial charge >= 0.3 is 0 Å². The molecule has 0 radical (unpaired) electrons. The van der Waals surface area contributed by atoms with Gasteiger partial charge in [0.05, 0.1) is 0 Å². The maximum atomic E-state index is 12.8. The van der Waals surface area contributed by atoms with E-state index in [1.807, 2.05) is 59.5 Å². The van der Waals surface area contributed by atoms with Gasteiger partial charge in [0.25, 0.3) is 11.8 Å². The van der Waals surface area contributed by atoms with E-state index in [2.05, 4.69) is 5.32 Å². The van der Waals surface area contributed by atoms with Crippen molar-refractivity contribution in [1.29, 1.82) is 0 Å². The fourth-order valence-electron chi connectivity index (χ4n) is 4.15. The number of likely N-dealkylation sites (tertiary alicyclic amines) is 1. The fourth-order valence-corrected chi connectivity index (χ4v) is 4.15. The van der Waals surface area contributed by atoms with Crippen LogP contribution in [0.15, 0.2) is 72.8 Å². The Labute approximate surface area is 186 Å². The van der Waals surface area contributed by atoms with Crippen LogP contribution in [-0.2, 0) is 0 Å². The van der Waals surface area contributed by atoms with Gasteiger partial charge in [0.2, 0.25) is 6.79 Å². The number of hydrogen-bond donors (Lipinski definition) is 1. The number of rotatable bonds is 4. The molecule has 2 aliphatic rings. The molecule has 0 saturated carbocycles. The van der Waals surface area contributed by atoms with Crippen molar-refractivity contribution >= 4 is 11.8 Å². The number of ether oxygens (including phenoxy) is 2. The molecule has 0 aliphatic carbocycles. The third kappa shape index (κ3) is 4.17. The van der Waals surface area contributed by atoms with Crippen molar-refractivity contribution in [2.24, 2.45) is 0 Å². The predicted molar refractivity (Wildman–Crippen MR) is 121 cm³/mol. The number of nitrogens with one attached hydrogen (secondary N) is 1. The highest BCUT2D eigenvalue weighted by molar-refractivity contribution is 5.96. The van der Waals surface area contributed by atoms with Gasteiger partial charge in [-0.3, -0.25) is 9.59 Å². The van der Waals surface area contributed by atoms with Gasteiger partial charge in [0, 0.05) is 30.3 Å². The molecular formula is C26H24N2O4. The van der Waals surface area contributed by atoms with Gasteiger partial charge in [0.15, 0.2) is 11.5 Å². The van der Waals surface area contributed by atoms with E-state index in [1.54, 1.807) is 18.2 Å². The van der Waals surface area contributed by atoms with Gasteiger partial charge < -0.3 is 19.7 Å². The molecule has 5 rings (SSSR count). The van der Waals surface area contributed by atoms with Crippen LogP contribution in [0.4, 0.5) is 0 Å². The Morgan fingerprint density at radius 2 is 1.44 bits per heavy atom. The summed E-state index contributed by atoms with van der Waals surface area (Å²) >= 11 is 0. The van der Waals surface area contributed by atoms with Crippen LogP contribution in [0.2, 0.25) is 0 Å². The maximum absolute atomic E-state index is 12.8. The lowest BCUT2D eigenvalue weighted by Crippen LogP contribution is -2.46. The number of carbonyl (C=O) groups excluding carboxylic acids is 2. The molecule has 0 unspecified atom stereocenters. The number of benzene rings is 3. The van der Waals surface area contributed by atoms with Gasteiger partial charge in [-0.2, -0.15) is 0 Å². The van der Waals surface area contributed by atoms with Gasteiger partial charge in [-0.25, -0.2) is 0 Å². The average molecular weight is 428 g/mol. The summed E-state index contributed by atoms with van der Waals surface area (Å²) in [4.78, 5) is 27.4. The first kappa shape index (κ1) is 20.1. The molecule has 32 heavy (non-hydrogen) atoms. The lowest BCUT2D eigenvalue weighted by atomic mass is 10.0. The van der Waals surface area contributed by atoms with E-state index in [9.17, 15) is 9.59 Å². The minimum absolute atomic E-state index is 0.0235. The Morgan fingerprint density at radius 1 is 0.781 bits per heavy atom. The molecule has 0 bridgehead atoms. The lowest BCUT2D eigenvalue weighted by Gasteiger charge is -2.32. The van der Waals surface area contributed by atoms with E-state index < -0.39 is 0 Å². The van der Waals surface area contributed by atoms with Crippen LogP contribution in [0.1, 0.15) is 33.6 Å². The molecule has 6 heteroatoms. The molecule has 6 nitrogen and oxygen atoms in total. The molecule has 2 heterocycles. The number of hydrogen-bond acceptors (Lipinski definition) is 4. The molecule has 162 valence electrons. The fraction of sp³-hybridized carbons (Fsp3) is 0.231. The standard InChI is InChI=1S/C26H24N2O4/c29-25(20-8-6-19(7-9-20)18-4-2-1-3-5-18)27-22-12-14-28(15-13-22)26(30)21-10-11-23-24(16-21)32-17-31-23/h1-11,16,22H,12-15,17H2,(H,27,29). The predicted octanol–water partition coefficient (Wildman–Crippen LogP) is 4.12. The lowest BCUT2D eigenvalue weighted by molar-refractivity contribution is 0.0697. The van der Waals surface area contributed by atoms with Crippen LogP contribution >= 0.6 is 0 Å². The second kappa shape index (κ2) is 8.75. The van der Waals surface area contributed by atoms with Gasteiger partial charge in [-0.15, -0.1) is 0 Å². The second-order valence-electron chi connectivity index (χ2n) is 8.05. The van der Waals surface area contributed by atoms with Crippen LogP contribution in [0.3, 0.4) is 0 Å². The molecule has 2 amide bonds. The number of nitrogens with zero attached hydrogens (tertiary/aromatic N) is 1. The Bertz CT molecular complexity index is 1120. The topological polar surface area (TPSA) is 67.9 Å². The van der Waals surface area contributed by atoms with E-state index in [0.29, 0.717) is 35.7 Å². The third-order valence-electron chi connectivity index (χ3n) is 5.99. The van der Waals surface area contributed by atoms with E-state index in [1.165, 1.54) is 0 Å². The third-order valence-corrected chi connectivity index (χ3v) is 5.99. The van der Waals surface area contributed by atoms with Gasteiger partial charge in [-0.05, 0) is 54.3 Å². The quantitative estimate of drug-likeness (QED) is 0.679. The van der Waals surface area contributed by atoms with Crippen molar-refractivity contribution in [1.82, 2.24) is 10.2 Å². The molecule has 1 saturated heterocycles. The highest BCUT2D eigenvalue weighted by Gasteiger charge is 2.26. The molecule has 0 aromatic heterocycles. The molecule has 1 fully saturated rings. The SMILES string of the molecule is O=C(NC1CCN(C(=O)c2ccc3c(c2)OCO3)CC1)c1ccc(-c2ccccc2)cc1. The Hall–Kier alpha value is -3.80. The molecule has 0 atom stereocenters. The van der Waals surface area contributed by atoms with E-state index in [0.717, 1.165) is 24.0 Å². The summed E-state index contributed by atoms with van der Waals surface area (Å²) in [6, 6.07) is 23.1. The second-order valence-corrected chi connectivity index (χ2v) is 8.05. The molecule has 3 aromatic rings. The first-order valence-electron chi connectivity index (χ1n) is 10.8. The zero-order chi connectivity index (χ0) is 21.9. The van der Waals surface area contributed by atoms with E-state index in [-0.39, 0.29) is 24.6 Å². The Morgan fingerprint density at radius 3 is 2.19 bits per heavy atom. The largest absolute Gasteiger partial charge is 0.454 e. The number of amides is 2. The monoisotopic (exact) mass is 428 g/mol. The zero-order valence-electron chi connectivity index (χ0n) is 17.6. The van der Waals surface area contributed by atoms with Crippen LogP contribution in [0.25, 0.3) is 11.1 Å². The van der Waals surface area contributed by atoms with Crippen LogP contribution < -0.4 is 14.8 Å². The van der Waals surface area contributed by atoms with Gasteiger partial charge in [0.1, 0.15) is 0 Å². The summed E-state index contributed by atoms with van der Waals surface area (Å²) in [6.07, 6.45) is 1.45. The summed E-state index contributed by atoms with van der Waals surface area (Å²) in [7, 11) is 0. The molecule has 1 N–H and O–H groups in total. The summed E-state index contributed by atoms with van der Waals surface area (Å²) in [6.45, 7) is 1.39. The highest BCUT2D eigenvalue weighted by atomic mass is 16.7. The molecule has 2 aliphatic heterocycles. The Balaban J connectivity index is 1.15. The van der Waals surface area contributed by atoms with Crippen molar-refractivity contribution in [3.63, 3.8) is 0 Å². The Kier molecular flexibility index (Phi) is 5.50. The minimum Gasteiger partial charge on any atom is -0.454 e. The first-order chi connectivity index (χ1) is 15.7. The van der Waals surface area contributed by atoms with Crippen LogP contribution in [0.5, 0.6) is 11.5 Å². The zero-order valence-corrected chi connectivity index (χ0v) is 17.6. The van der Waals surface area contributed by atoms with Crippen LogP contribution in [0, 0.1) is 0 Å². The van der Waals surface area contributed by atoms with Crippen LogP contribution in [-0.4, -0.2) is 42.6 Å².